The van der Waals surface area contributed by atoms with Gasteiger partial charge in [-0.2, -0.15) is 0 Å². The standard InChI is InChI=1S/C18H19N/c1-14(2)13-19-11-10-16-8-9-17(12-18(16)19)15-6-4-3-5-7-15/h3-12,14H,13H2,1-2H3. The van der Waals surface area contributed by atoms with E-state index in [1.54, 1.807) is 0 Å². The lowest BCUT2D eigenvalue weighted by Crippen LogP contribution is -2.02. The summed E-state index contributed by atoms with van der Waals surface area (Å²) in [7, 11) is 0. The van der Waals surface area contributed by atoms with E-state index in [0.29, 0.717) is 5.92 Å². The van der Waals surface area contributed by atoms with E-state index in [0.717, 1.165) is 6.54 Å². The molecule has 0 bridgehead atoms. The average Bonchev–Trinajstić information content (AvgIpc) is 2.82. The molecule has 0 spiro atoms. The molecule has 1 nitrogen and oxygen atoms in total. The highest BCUT2D eigenvalue weighted by molar-refractivity contribution is 5.85. The first-order valence-electron chi connectivity index (χ1n) is 6.88. The van der Waals surface area contributed by atoms with Crippen molar-refractivity contribution in [2.24, 2.45) is 5.92 Å². The fraction of sp³-hybridized carbons (Fsp3) is 0.222. The molecule has 0 unspecified atom stereocenters. The second-order valence-corrected chi connectivity index (χ2v) is 5.50. The first kappa shape index (κ1) is 12.0. The highest BCUT2D eigenvalue weighted by Gasteiger charge is 2.05. The Labute approximate surface area is 114 Å². The van der Waals surface area contributed by atoms with Gasteiger partial charge in [-0.25, -0.2) is 0 Å². The zero-order valence-corrected chi connectivity index (χ0v) is 11.5. The van der Waals surface area contributed by atoms with Gasteiger partial charge in [0, 0.05) is 18.3 Å². The van der Waals surface area contributed by atoms with Crippen molar-refractivity contribution < 1.29 is 0 Å². The number of nitrogens with zero attached hydrogens (tertiary/aromatic N) is 1. The molecule has 0 N–H and O–H groups in total. The summed E-state index contributed by atoms with van der Waals surface area (Å²) >= 11 is 0. The molecule has 0 saturated heterocycles. The molecule has 0 radical (unpaired) electrons. The smallest absolute Gasteiger partial charge is 0.0486 e. The lowest BCUT2D eigenvalue weighted by atomic mass is 10.0. The largest absolute Gasteiger partial charge is 0.347 e. The van der Waals surface area contributed by atoms with E-state index < -0.39 is 0 Å². The quantitative estimate of drug-likeness (QED) is 0.618. The fourth-order valence-corrected chi connectivity index (χ4v) is 2.55. The Morgan fingerprint density at radius 3 is 2.42 bits per heavy atom. The van der Waals surface area contributed by atoms with Crippen LogP contribution in [0.5, 0.6) is 0 Å². The number of aromatic nitrogens is 1. The zero-order chi connectivity index (χ0) is 13.2. The van der Waals surface area contributed by atoms with Gasteiger partial charge in [0.05, 0.1) is 0 Å². The summed E-state index contributed by atoms with van der Waals surface area (Å²) in [5.74, 6) is 0.663. The molecular weight excluding hydrogens is 230 g/mol. The van der Waals surface area contributed by atoms with Crippen LogP contribution >= 0.6 is 0 Å². The molecule has 1 heteroatoms. The molecule has 0 aliphatic carbocycles. The molecule has 2 aromatic carbocycles. The van der Waals surface area contributed by atoms with Crippen LogP contribution in [0.25, 0.3) is 22.0 Å². The SMILES string of the molecule is CC(C)Cn1ccc2ccc(-c3ccccc3)cc21. The van der Waals surface area contributed by atoms with Gasteiger partial charge in [-0.1, -0.05) is 56.3 Å². The van der Waals surface area contributed by atoms with Crippen molar-refractivity contribution >= 4 is 10.9 Å². The maximum atomic E-state index is 2.35. The zero-order valence-electron chi connectivity index (χ0n) is 11.5. The van der Waals surface area contributed by atoms with Gasteiger partial charge in [0.1, 0.15) is 0 Å². The molecular formula is C18H19N. The summed E-state index contributed by atoms with van der Waals surface area (Å²) in [6.45, 7) is 5.58. The van der Waals surface area contributed by atoms with Gasteiger partial charge in [-0.15, -0.1) is 0 Å². The van der Waals surface area contributed by atoms with E-state index in [4.69, 9.17) is 0 Å². The van der Waals surface area contributed by atoms with E-state index in [-0.39, 0.29) is 0 Å². The first-order valence-corrected chi connectivity index (χ1v) is 6.88. The minimum atomic E-state index is 0.663. The second kappa shape index (κ2) is 4.93. The minimum Gasteiger partial charge on any atom is -0.347 e. The first-order chi connectivity index (χ1) is 9.24. The molecule has 96 valence electrons. The molecule has 3 aromatic rings. The third-order valence-electron chi connectivity index (χ3n) is 3.44. The van der Waals surface area contributed by atoms with Gasteiger partial charge in [-0.05, 0) is 34.6 Å². The van der Waals surface area contributed by atoms with Gasteiger partial charge in [-0.3, -0.25) is 0 Å². The Morgan fingerprint density at radius 2 is 1.68 bits per heavy atom. The Hall–Kier alpha value is -2.02. The predicted octanol–water partition coefficient (Wildman–Crippen LogP) is 4.96. The van der Waals surface area contributed by atoms with Crippen LogP contribution in [0.2, 0.25) is 0 Å². The summed E-state index contributed by atoms with van der Waals surface area (Å²) in [5.41, 5.74) is 3.90. The molecule has 0 aliphatic rings. The number of hydrogen-bond donors (Lipinski definition) is 0. The Balaban J connectivity index is 2.09. The van der Waals surface area contributed by atoms with Gasteiger partial charge in [0.25, 0.3) is 0 Å². The van der Waals surface area contributed by atoms with Gasteiger partial charge in [0.2, 0.25) is 0 Å². The van der Waals surface area contributed by atoms with E-state index in [1.807, 2.05) is 0 Å². The van der Waals surface area contributed by atoms with Crippen molar-refractivity contribution in [3.05, 3.63) is 60.8 Å². The molecule has 0 atom stereocenters. The lowest BCUT2D eigenvalue weighted by Gasteiger charge is -2.09. The molecule has 19 heavy (non-hydrogen) atoms. The topological polar surface area (TPSA) is 4.93 Å². The van der Waals surface area contributed by atoms with Crippen molar-refractivity contribution in [3.63, 3.8) is 0 Å². The number of benzene rings is 2. The number of fused-ring (bicyclic) bond motifs is 1. The molecule has 0 saturated carbocycles. The molecule has 1 aromatic heterocycles. The van der Waals surface area contributed by atoms with E-state index in [9.17, 15) is 0 Å². The number of hydrogen-bond acceptors (Lipinski definition) is 0. The van der Waals surface area contributed by atoms with Crippen LogP contribution in [-0.2, 0) is 6.54 Å². The maximum Gasteiger partial charge on any atom is 0.0486 e. The Kier molecular flexibility index (Phi) is 3.12. The monoisotopic (exact) mass is 249 g/mol. The van der Waals surface area contributed by atoms with Crippen molar-refractivity contribution in [2.45, 2.75) is 20.4 Å². The maximum absolute atomic E-state index is 2.35. The van der Waals surface area contributed by atoms with Crippen LogP contribution in [0.3, 0.4) is 0 Å². The van der Waals surface area contributed by atoms with E-state index in [2.05, 4.69) is 79.2 Å². The highest BCUT2D eigenvalue weighted by Crippen LogP contribution is 2.25. The number of rotatable bonds is 3. The predicted molar refractivity (Wildman–Crippen MR) is 82.2 cm³/mol. The van der Waals surface area contributed by atoms with Crippen LogP contribution in [0, 0.1) is 5.92 Å². The molecule has 3 rings (SSSR count). The van der Waals surface area contributed by atoms with Crippen molar-refractivity contribution in [1.29, 1.82) is 0 Å². The van der Waals surface area contributed by atoms with Gasteiger partial charge in [0.15, 0.2) is 0 Å². The summed E-state index contributed by atoms with van der Waals surface area (Å²) in [6.07, 6.45) is 2.19. The highest BCUT2D eigenvalue weighted by atomic mass is 15.0. The summed E-state index contributed by atoms with van der Waals surface area (Å²) in [6, 6.07) is 19.5. The van der Waals surface area contributed by atoms with Gasteiger partial charge >= 0.3 is 0 Å². The molecule has 0 aliphatic heterocycles. The van der Waals surface area contributed by atoms with Crippen LogP contribution in [0.4, 0.5) is 0 Å². The van der Waals surface area contributed by atoms with Crippen molar-refractivity contribution in [1.82, 2.24) is 4.57 Å². The third-order valence-corrected chi connectivity index (χ3v) is 3.44. The normalized spacial score (nSPS) is 11.3. The average molecular weight is 249 g/mol. The molecule has 1 heterocycles. The van der Waals surface area contributed by atoms with E-state index in [1.165, 1.54) is 22.0 Å². The fourth-order valence-electron chi connectivity index (χ4n) is 2.55. The summed E-state index contributed by atoms with van der Waals surface area (Å²) in [4.78, 5) is 0. The third kappa shape index (κ3) is 2.41. The van der Waals surface area contributed by atoms with Crippen molar-refractivity contribution in [2.75, 3.05) is 0 Å². The minimum absolute atomic E-state index is 0.663. The molecule has 0 fully saturated rings. The van der Waals surface area contributed by atoms with Gasteiger partial charge < -0.3 is 4.57 Å². The Morgan fingerprint density at radius 1 is 0.895 bits per heavy atom. The summed E-state index contributed by atoms with van der Waals surface area (Å²) in [5, 5.41) is 1.32. The van der Waals surface area contributed by atoms with Crippen LogP contribution in [0.1, 0.15) is 13.8 Å². The summed E-state index contributed by atoms with van der Waals surface area (Å²) < 4.78 is 2.35. The lowest BCUT2D eigenvalue weighted by molar-refractivity contribution is 0.535. The van der Waals surface area contributed by atoms with Crippen molar-refractivity contribution in [3.8, 4) is 11.1 Å². The molecule has 0 amide bonds. The second-order valence-electron chi connectivity index (χ2n) is 5.50. The van der Waals surface area contributed by atoms with Crippen LogP contribution < -0.4 is 0 Å². The Bertz CT molecular complexity index is 677. The van der Waals surface area contributed by atoms with Crippen LogP contribution in [-0.4, -0.2) is 4.57 Å². The van der Waals surface area contributed by atoms with Crippen LogP contribution in [0.15, 0.2) is 60.8 Å². The van der Waals surface area contributed by atoms with E-state index >= 15 is 0 Å².